The van der Waals surface area contributed by atoms with E-state index in [1.54, 1.807) is 0 Å². The van der Waals surface area contributed by atoms with Gasteiger partial charge in [-0.3, -0.25) is 4.79 Å². The van der Waals surface area contributed by atoms with E-state index >= 15 is 0 Å². The third kappa shape index (κ3) is 3.15. The highest BCUT2D eigenvalue weighted by Crippen LogP contribution is 2.28. The first-order valence-electron chi connectivity index (χ1n) is 6.79. The Hall–Kier alpha value is -1.81. The fourth-order valence-corrected chi connectivity index (χ4v) is 2.10. The summed E-state index contributed by atoms with van der Waals surface area (Å²) in [6, 6.07) is 10.0. The molecule has 1 aromatic heterocycles. The van der Waals surface area contributed by atoms with Crippen LogP contribution in [0.1, 0.15) is 18.6 Å². The number of hydrogen-bond donors (Lipinski definition) is 2. The third-order valence-electron chi connectivity index (χ3n) is 3.32. The van der Waals surface area contributed by atoms with E-state index in [0.717, 1.165) is 36.1 Å². The SMILES string of the molecule is O=C(NCCNCc1cc2ccccc2o1)C1CC1. The van der Waals surface area contributed by atoms with Crippen molar-refractivity contribution in [1.82, 2.24) is 10.6 Å². The lowest BCUT2D eigenvalue weighted by molar-refractivity contribution is -0.122. The van der Waals surface area contributed by atoms with Crippen LogP contribution in [0.4, 0.5) is 0 Å². The molecule has 1 saturated carbocycles. The summed E-state index contributed by atoms with van der Waals surface area (Å²) < 4.78 is 5.69. The van der Waals surface area contributed by atoms with Crippen LogP contribution in [0.25, 0.3) is 11.0 Å². The molecule has 1 fully saturated rings. The third-order valence-corrected chi connectivity index (χ3v) is 3.32. The molecule has 100 valence electrons. The van der Waals surface area contributed by atoms with E-state index in [2.05, 4.69) is 10.6 Å². The van der Waals surface area contributed by atoms with Crippen LogP contribution in [0, 0.1) is 5.92 Å². The summed E-state index contributed by atoms with van der Waals surface area (Å²) >= 11 is 0. The molecule has 0 radical (unpaired) electrons. The molecule has 0 spiro atoms. The number of fused-ring (bicyclic) bond motifs is 1. The van der Waals surface area contributed by atoms with Crippen molar-refractivity contribution in [3.8, 4) is 0 Å². The van der Waals surface area contributed by atoms with Crippen LogP contribution in [-0.4, -0.2) is 19.0 Å². The summed E-state index contributed by atoms with van der Waals surface area (Å²) in [6.07, 6.45) is 2.11. The molecule has 4 nitrogen and oxygen atoms in total. The summed E-state index contributed by atoms with van der Waals surface area (Å²) in [5.74, 6) is 1.41. The first kappa shape index (κ1) is 12.2. The van der Waals surface area contributed by atoms with Crippen molar-refractivity contribution >= 4 is 16.9 Å². The molecule has 0 unspecified atom stereocenters. The van der Waals surface area contributed by atoms with Crippen molar-refractivity contribution < 1.29 is 9.21 Å². The van der Waals surface area contributed by atoms with Crippen molar-refractivity contribution in [2.75, 3.05) is 13.1 Å². The van der Waals surface area contributed by atoms with Crippen molar-refractivity contribution in [2.24, 2.45) is 5.92 Å². The van der Waals surface area contributed by atoms with Crippen LogP contribution < -0.4 is 10.6 Å². The molecule has 3 rings (SSSR count). The second-order valence-electron chi connectivity index (χ2n) is 4.99. The van der Waals surface area contributed by atoms with Gasteiger partial charge in [-0.05, 0) is 25.0 Å². The summed E-state index contributed by atoms with van der Waals surface area (Å²) in [5.41, 5.74) is 0.918. The van der Waals surface area contributed by atoms with Gasteiger partial charge >= 0.3 is 0 Å². The number of furan rings is 1. The fraction of sp³-hybridized carbons (Fsp3) is 0.400. The number of carbonyl (C=O) groups excluding carboxylic acids is 1. The number of hydrogen-bond acceptors (Lipinski definition) is 3. The Morgan fingerprint density at radius 1 is 1.26 bits per heavy atom. The molecular formula is C15H18N2O2. The van der Waals surface area contributed by atoms with Crippen LogP contribution in [0.2, 0.25) is 0 Å². The molecule has 1 amide bonds. The molecule has 1 aliphatic rings. The number of amides is 1. The van der Waals surface area contributed by atoms with Crippen molar-refractivity contribution in [3.05, 3.63) is 36.1 Å². The lowest BCUT2D eigenvalue weighted by Gasteiger charge is -2.04. The quantitative estimate of drug-likeness (QED) is 0.780. The molecule has 2 aromatic rings. The van der Waals surface area contributed by atoms with Gasteiger partial charge in [0.1, 0.15) is 11.3 Å². The molecule has 4 heteroatoms. The average Bonchev–Trinajstić information content (AvgIpc) is 3.18. The highest BCUT2D eigenvalue weighted by Gasteiger charge is 2.28. The lowest BCUT2D eigenvalue weighted by atomic mass is 10.2. The zero-order valence-electron chi connectivity index (χ0n) is 10.8. The molecule has 0 aliphatic heterocycles. The predicted octanol–water partition coefficient (Wildman–Crippen LogP) is 2.05. The number of carbonyl (C=O) groups is 1. The zero-order valence-corrected chi connectivity index (χ0v) is 10.8. The Morgan fingerprint density at radius 2 is 2.11 bits per heavy atom. The zero-order chi connectivity index (χ0) is 13.1. The summed E-state index contributed by atoms with van der Waals surface area (Å²) in [5, 5.41) is 7.32. The minimum atomic E-state index is 0.200. The van der Waals surface area contributed by atoms with Crippen LogP contribution in [0.3, 0.4) is 0 Å². The van der Waals surface area contributed by atoms with Gasteiger partial charge in [0, 0.05) is 24.4 Å². The standard InChI is InChI=1S/C15H18N2O2/c18-15(11-5-6-11)17-8-7-16-10-13-9-12-3-1-2-4-14(12)19-13/h1-4,9,11,16H,5-8,10H2,(H,17,18). The predicted molar refractivity (Wildman–Crippen MR) is 73.7 cm³/mol. The maximum absolute atomic E-state index is 11.4. The Labute approximate surface area is 112 Å². The van der Waals surface area contributed by atoms with Gasteiger partial charge in [0.2, 0.25) is 5.91 Å². The first-order valence-corrected chi connectivity index (χ1v) is 6.79. The molecule has 0 bridgehead atoms. The summed E-state index contributed by atoms with van der Waals surface area (Å²) in [4.78, 5) is 11.4. The number of nitrogens with one attached hydrogen (secondary N) is 2. The van der Waals surface area contributed by atoms with E-state index in [9.17, 15) is 4.79 Å². The number of benzene rings is 1. The molecular weight excluding hydrogens is 240 g/mol. The normalized spacial score (nSPS) is 14.7. The van der Waals surface area contributed by atoms with Crippen molar-refractivity contribution in [3.63, 3.8) is 0 Å². The molecule has 1 aliphatic carbocycles. The maximum Gasteiger partial charge on any atom is 0.223 e. The minimum Gasteiger partial charge on any atom is -0.460 e. The molecule has 19 heavy (non-hydrogen) atoms. The van der Waals surface area contributed by atoms with Crippen LogP contribution in [-0.2, 0) is 11.3 Å². The lowest BCUT2D eigenvalue weighted by Crippen LogP contribution is -2.32. The van der Waals surface area contributed by atoms with E-state index in [1.165, 1.54) is 0 Å². The van der Waals surface area contributed by atoms with Gasteiger partial charge in [-0.25, -0.2) is 0 Å². The van der Waals surface area contributed by atoms with Crippen molar-refractivity contribution in [1.29, 1.82) is 0 Å². The molecule has 0 saturated heterocycles. The van der Waals surface area contributed by atoms with Gasteiger partial charge in [0.05, 0.1) is 6.54 Å². The summed E-state index contributed by atoms with van der Waals surface area (Å²) in [6.45, 7) is 2.12. The molecule has 1 heterocycles. The second-order valence-corrected chi connectivity index (χ2v) is 4.99. The van der Waals surface area contributed by atoms with Crippen LogP contribution >= 0.6 is 0 Å². The van der Waals surface area contributed by atoms with Gasteiger partial charge in [0.25, 0.3) is 0 Å². The van der Waals surface area contributed by atoms with E-state index in [4.69, 9.17) is 4.42 Å². The maximum atomic E-state index is 11.4. The Morgan fingerprint density at radius 3 is 2.89 bits per heavy atom. The smallest absolute Gasteiger partial charge is 0.223 e. The average molecular weight is 258 g/mol. The second kappa shape index (κ2) is 5.45. The van der Waals surface area contributed by atoms with Gasteiger partial charge < -0.3 is 15.1 Å². The van der Waals surface area contributed by atoms with Crippen LogP contribution in [0.5, 0.6) is 0 Å². The minimum absolute atomic E-state index is 0.200. The molecule has 1 aromatic carbocycles. The monoisotopic (exact) mass is 258 g/mol. The number of para-hydroxylation sites is 1. The highest BCUT2D eigenvalue weighted by atomic mass is 16.3. The first-order chi connectivity index (χ1) is 9.33. The van der Waals surface area contributed by atoms with E-state index in [-0.39, 0.29) is 11.8 Å². The van der Waals surface area contributed by atoms with Gasteiger partial charge in [0.15, 0.2) is 0 Å². The molecule has 2 N–H and O–H groups in total. The topological polar surface area (TPSA) is 54.3 Å². The molecule has 0 atom stereocenters. The van der Waals surface area contributed by atoms with Gasteiger partial charge in [-0.2, -0.15) is 0 Å². The van der Waals surface area contributed by atoms with Gasteiger partial charge in [-0.15, -0.1) is 0 Å². The van der Waals surface area contributed by atoms with Crippen molar-refractivity contribution in [2.45, 2.75) is 19.4 Å². The summed E-state index contributed by atoms with van der Waals surface area (Å²) in [7, 11) is 0. The van der Waals surface area contributed by atoms with E-state index in [1.807, 2.05) is 30.3 Å². The van der Waals surface area contributed by atoms with E-state index in [0.29, 0.717) is 13.1 Å². The Kier molecular flexibility index (Phi) is 3.51. The Bertz CT molecular complexity index is 539. The van der Waals surface area contributed by atoms with E-state index < -0.39 is 0 Å². The Balaban J connectivity index is 1.40. The largest absolute Gasteiger partial charge is 0.460 e. The van der Waals surface area contributed by atoms with Gasteiger partial charge in [-0.1, -0.05) is 18.2 Å². The van der Waals surface area contributed by atoms with Crippen LogP contribution in [0.15, 0.2) is 34.7 Å². The highest BCUT2D eigenvalue weighted by molar-refractivity contribution is 5.80. The number of rotatable bonds is 6. The fourth-order valence-electron chi connectivity index (χ4n) is 2.10.